The van der Waals surface area contributed by atoms with Crippen molar-refractivity contribution in [2.45, 2.75) is 32.0 Å². The fraction of sp³-hybridized carbons (Fsp3) is 0.300. The van der Waals surface area contributed by atoms with Crippen molar-refractivity contribution in [3.63, 3.8) is 0 Å². The molecule has 2 N–H and O–H groups in total. The third kappa shape index (κ3) is 6.13. The van der Waals surface area contributed by atoms with Gasteiger partial charge in [-0.05, 0) is 29.7 Å². The Balaban J connectivity index is 1.97. The largest absolute Gasteiger partial charge is 0.480 e. The van der Waals surface area contributed by atoms with E-state index >= 15 is 0 Å². The summed E-state index contributed by atoms with van der Waals surface area (Å²) in [5.74, 6) is -2.19. The van der Waals surface area contributed by atoms with E-state index < -0.39 is 35.6 Å². The molecular weight excluding hydrogens is 359 g/mol. The van der Waals surface area contributed by atoms with E-state index in [1.54, 1.807) is 31.2 Å². The maximum absolute atomic E-state index is 12.6. The fourth-order valence-corrected chi connectivity index (χ4v) is 2.64. The molecule has 0 aliphatic rings. The molecule has 2 atom stereocenters. The molecule has 0 radical (unpaired) electrons. The summed E-state index contributed by atoms with van der Waals surface area (Å²) < 4.78 is 37.8. The van der Waals surface area contributed by atoms with Gasteiger partial charge in [0.05, 0.1) is 5.56 Å². The topological polar surface area (TPSA) is 66.4 Å². The highest BCUT2D eigenvalue weighted by Gasteiger charge is 2.30. The first-order valence-electron chi connectivity index (χ1n) is 8.40. The molecule has 0 aromatic heterocycles. The summed E-state index contributed by atoms with van der Waals surface area (Å²) in [5.41, 5.74) is 0.596. The number of nitrogens with one attached hydrogen (secondary N) is 1. The summed E-state index contributed by atoms with van der Waals surface area (Å²) in [5, 5.41) is 11.8. The monoisotopic (exact) mass is 379 g/mol. The van der Waals surface area contributed by atoms with Crippen LogP contribution in [0.5, 0.6) is 0 Å². The molecular formula is C20H20F3NO3. The average molecular weight is 379 g/mol. The zero-order chi connectivity index (χ0) is 20.0. The van der Waals surface area contributed by atoms with Gasteiger partial charge < -0.3 is 10.4 Å². The standard InChI is InChI=1S/C20H20F3NO3/c1-13(11-15-7-9-16(10-8-15)20(21,22)23)18(25)24-17(19(26)27)12-14-5-3-2-4-6-14/h2-10,13,17H,11-12H2,1H3,(H,24,25)(H,26,27)/t13-,17-/m1/s1. The second kappa shape index (κ2) is 8.70. The van der Waals surface area contributed by atoms with Crippen molar-refractivity contribution in [3.05, 3.63) is 71.3 Å². The van der Waals surface area contributed by atoms with Crippen LogP contribution in [-0.2, 0) is 28.6 Å². The van der Waals surface area contributed by atoms with E-state index in [1.165, 1.54) is 12.1 Å². The van der Waals surface area contributed by atoms with Gasteiger partial charge in [-0.3, -0.25) is 4.79 Å². The van der Waals surface area contributed by atoms with Crippen LogP contribution >= 0.6 is 0 Å². The van der Waals surface area contributed by atoms with Gasteiger partial charge in [-0.2, -0.15) is 13.2 Å². The molecule has 1 amide bonds. The van der Waals surface area contributed by atoms with Gasteiger partial charge in [0.2, 0.25) is 5.91 Å². The van der Waals surface area contributed by atoms with Crippen molar-refractivity contribution in [1.82, 2.24) is 5.32 Å². The zero-order valence-corrected chi connectivity index (χ0v) is 14.7. The summed E-state index contributed by atoms with van der Waals surface area (Å²) in [6.07, 6.45) is -4.05. The summed E-state index contributed by atoms with van der Waals surface area (Å²) >= 11 is 0. The number of hydrogen-bond acceptors (Lipinski definition) is 2. The van der Waals surface area contributed by atoms with Gasteiger partial charge in [-0.25, -0.2) is 4.79 Å². The average Bonchev–Trinajstić information content (AvgIpc) is 2.61. The van der Waals surface area contributed by atoms with Crippen LogP contribution in [0.2, 0.25) is 0 Å². The Hall–Kier alpha value is -2.83. The number of halogens is 3. The first kappa shape index (κ1) is 20.5. The molecule has 0 bridgehead atoms. The minimum absolute atomic E-state index is 0.148. The molecule has 0 spiro atoms. The Labute approximate surface area is 155 Å². The van der Waals surface area contributed by atoms with E-state index in [0.717, 1.165) is 17.7 Å². The van der Waals surface area contributed by atoms with Crippen LogP contribution in [-0.4, -0.2) is 23.0 Å². The molecule has 0 heterocycles. The number of amides is 1. The Morgan fingerprint density at radius 2 is 1.52 bits per heavy atom. The number of carbonyl (C=O) groups excluding carboxylic acids is 1. The molecule has 27 heavy (non-hydrogen) atoms. The normalized spacial score (nSPS) is 13.6. The number of benzene rings is 2. The van der Waals surface area contributed by atoms with Gasteiger partial charge in [0.15, 0.2) is 0 Å². The predicted molar refractivity (Wildman–Crippen MR) is 94.0 cm³/mol. The summed E-state index contributed by atoms with van der Waals surface area (Å²) in [6, 6.07) is 12.4. The van der Waals surface area contributed by atoms with Crippen LogP contribution in [0.3, 0.4) is 0 Å². The predicted octanol–water partition coefficient (Wildman–Crippen LogP) is 3.70. The van der Waals surface area contributed by atoms with Crippen molar-refractivity contribution >= 4 is 11.9 Å². The molecule has 144 valence electrons. The lowest BCUT2D eigenvalue weighted by molar-refractivity contribution is -0.142. The highest BCUT2D eigenvalue weighted by molar-refractivity contribution is 5.85. The van der Waals surface area contributed by atoms with Crippen molar-refractivity contribution < 1.29 is 27.9 Å². The molecule has 0 unspecified atom stereocenters. The summed E-state index contributed by atoms with van der Waals surface area (Å²) in [6.45, 7) is 1.61. The lowest BCUT2D eigenvalue weighted by atomic mass is 9.98. The van der Waals surface area contributed by atoms with E-state index in [-0.39, 0.29) is 12.8 Å². The molecule has 0 saturated carbocycles. The number of carboxylic acid groups (broad SMARTS) is 1. The number of hydrogen-bond donors (Lipinski definition) is 2. The van der Waals surface area contributed by atoms with Crippen LogP contribution in [0.15, 0.2) is 54.6 Å². The van der Waals surface area contributed by atoms with Crippen molar-refractivity contribution in [2.24, 2.45) is 5.92 Å². The number of carbonyl (C=O) groups is 2. The van der Waals surface area contributed by atoms with Gasteiger partial charge >= 0.3 is 12.1 Å². The van der Waals surface area contributed by atoms with E-state index in [0.29, 0.717) is 5.56 Å². The lowest BCUT2D eigenvalue weighted by Crippen LogP contribution is -2.44. The molecule has 0 aliphatic heterocycles. The van der Waals surface area contributed by atoms with Crippen LogP contribution in [0.4, 0.5) is 13.2 Å². The van der Waals surface area contributed by atoms with Gasteiger partial charge in [-0.15, -0.1) is 0 Å². The summed E-state index contributed by atoms with van der Waals surface area (Å²) in [4.78, 5) is 23.8. The van der Waals surface area contributed by atoms with E-state index in [1.807, 2.05) is 6.07 Å². The Morgan fingerprint density at radius 1 is 0.963 bits per heavy atom. The van der Waals surface area contributed by atoms with E-state index in [9.17, 15) is 27.9 Å². The molecule has 4 nitrogen and oxygen atoms in total. The van der Waals surface area contributed by atoms with Crippen molar-refractivity contribution in [1.29, 1.82) is 0 Å². The number of carboxylic acids is 1. The summed E-state index contributed by atoms with van der Waals surface area (Å²) in [7, 11) is 0. The maximum atomic E-state index is 12.6. The molecule has 0 aliphatic carbocycles. The van der Waals surface area contributed by atoms with Crippen molar-refractivity contribution in [3.8, 4) is 0 Å². The third-order valence-corrected chi connectivity index (χ3v) is 4.17. The Kier molecular flexibility index (Phi) is 6.60. The smallest absolute Gasteiger partial charge is 0.416 e. The first-order valence-corrected chi connectivity index (χ1v) is 8.40. The Morgan fingerprint density at radius 3 is 2.04 bits per heavy atom. The van der Waals surface area contributed by atoms with Crippen molar-refractivity contribution in [2.75, 3.05) is 0 Å². The van der Waals surface area contributed by atoms with Crippen LogP contribution < -0.4 is 5.32 Å². The van der Waals surface area contributed by atoms with Crippen LogP contribution in [0.1, 0.15) is 23.6 Å². The molecule has 2 aromatic carbocycles. The first-order chi connectivity index (χ1) is 12.7. The highest BCUT2D eigenvalue weighted by atomic mass is 19.4. The van der Waals surface area contributed by atoms with E-state index in [2.05, 4.69) is 5.32 Å². The quantitative estimate of drug-likeness (QED) is 0.771. The molecule has 0 fully saturated rings. The SMILES string of the molecule is C[C@H](Cc1ccc(C(F)(F)F)cc1)C(=O)N[C@H](Cc1ccccc1)C(=O)O. The molecule has 7 heteroatoms. The number of aliphatic carboxylic acids is 1. The molecule has 2 aromatic rings. The second-order valence-corrected chi connectivity index (χ2v) is 6.39. The zero-order valence-electron chi connectivity index (χ0n) is 14.7. The Bertz CT molecular complexity index is 773. The van der Waals surface area contributed by atoms with Crippen LogP contribution in [0, 0.1) is 5.92 Å². The van der Waals surface area contributed by atoms with E-state index in [4.69, 9.17) is 0 Å². The van der Waals surface area contributed by atoms with Gasteiger partial charge in [-0.1, -0.05) is 49.4 Å². The minimum atomic E-state index is -4.41. The molecule has 0 saturated heterocycles. The van der Waals surface area contributed by atoms with Gasteiger partial charge in [0.1, 0.15) is 6.04 Å². The number of alkyl halides is 3. The fourth-order valence-electron chi connectivity index (χ4n) is 2.64. The number of rotatable bonds is 7. The van der Waals surface area contributed by atoms with Gasteiger partial charge in [0.25, 0.3) is 0 Å². The van der Waals surface area contributed by atoms with Crippen LogP contribution in [0.25, 0.3) is 0 Å². The second-order valence-electron chi connectivity index (χ2n) is 6.39. The maximum Gasteiger partial charge on any atom is 0.416 e. The molecule has 2 rings (SSSR count). The minimum Gasteiger partial charge on any atom is -0.480 e. The van der Waals surface area contributed by atoms with Gasteiger partial charge in [0, 0.05) is 12.3 Å². The lowest BCUT2D eigenvalue weighted by Gasteiger charge is -2.18. The third-order valence-electron chi connectivity index (χ3n) is 4.17. The highest BCUT2D eigenvalue weighted by Crippen LogP contribution is 2.29.